The molecule has 0 spiro atoms. The van der Waals surface area contributed by atoms with Crippen molar-refractivity contribution in [3.8, 4) is 5.75 Å². The molecule has 1 amide bonds. The third kappa shape index (κ3) is 5.71. The van der Waals surface area contributed by atoms with Crippen LogP contribution in [0.2, 0.25) is 0 Å². The average molecular weight is 490 g/mol. The maximum Gasteiger partial charge on any atom is 0.326 e. The molecular formula is C28H27NO7. The van der Waals surface area contributed by atoms with E-state index in [-0.39, 0.29) is 24.7 Å². The Labute approximate surface area is 207 Å². The smallest absolute Gasteiger partial charge is 0.326 e. The Hall–Kier alpha value is -4.20. The van der Waals surface area contributed by atoms with Crippen LogP contribution in [0.4, 0.5) is 0 Å². The maximum absolute atomic E-state index is 13.1. The number of hydrogen-bond donors (Lipinski definition) is 3. The summed E-state index contributed by atoms with van der Waals surface area (Å²) in [5.74, 6) is -2.67. The van der Waals surface area contributed by atoms with Gasteiger partial charge in [-0.25, -0.2) is 4.79 Å². The van der Waals surface area contributed by atoms with E-state index in [0.29, 0.717) is 36.1 Å². The second-order valence-electron chi connectivity index (χ2n) is 8.93. The lowest BCUT2D eigenvalue weighted by atomic mass is 9.96. The van der Waals surface area contributed by atoms with E-state index in [1.54, 1.807) is 24.3 Å². The van der Waals surface area contributed by atoms with Crippen LogP contribution in [-0.2, 0) is 14.4 Å². The van der Waals surface area contributed by atoms with Gasteiger partial charge in [0.05, 0.1) is 6.10 Å². The number of aliphatic carboxylic acids is 2. The van der Waals surface area contributed by atoms with E-state index in [1.807, 2.05) is 42.5 Å². The number of amides is 1. The molecule has 3 N–H and O–H groups in total. The highest BCUT2D eigenvalue weighted by Crippen LogP contribution is 2.35. The normalized spacial score (nSPS) is 17.9. The molecule has 3 aromatic carbocycles. The minimum atomic E-state index is -1.26. The predicted molar refractivity (Wildman–Crippen MR) is 132 cm³/mol. The van der Waals surface area contributed by atoms with Crippen LogP contribution in [0.3, 0.4) is 0 Å². The Bertz CT molecular complexity index is 1290. The van der Waals surface area contributed by atoms with Crippen molar-refractivity contribution in [3.05, 3.63) is 77.9 Å². The van der Waals surface area contributed by atoms with Crippen LogP contribution in [0, 0.1) is 5.92 Å². The molecule has 36 heavy (non-hydrogen) atoms. The fourth-order valence-corrected chi connectivity index (χ4v) is 4.60. The summed E-state index contributed by atoms with van der Waals surface area (Å²) in [6.45, 7) is 0. The number of carbonyl (C=O) groups excluding carboxylic acids is 2. The molecule has 0 radical (unpaired) electrons. The lowest BCUT2D eigenvalue weighted by Crippen LogP contribution is -2.43. The number of rotatable bonds is 10. The first-order chi connectivity index (χ1) is 17.3. The van der Waals surface area contributed by atoms with Crippen LogP contribution in [-0.4, -0.2) is 46.0 Å². The highest BCUT2D eigenvalue weighted by Gasteiger charge is 2.33. The first kappa shape index (κ1) is 24.9. The molecule has 8 nitrogen and oxygen atoms in total. The number of nitrogens with one attached hydrogen (secondary N) is 1. The van der Waals surface area contributed by atoms with Crippen molar-refractivity contribution < 1.29 is 34.1 Å². The Kier molecular flexibility index (Phi) is 7.63. The second-order valence-corrected chi connectivity index (χ2v) is 8.93. The Morgan fingerprint density at radius 3 is 2.28 bits per heavy atom. The van der Waals surface area contributed by atoms with Gasteiger partial charge >= 0.3 is 11.9 Å². The zero-order valence-corrected chi connectivity index (χ0v) is 19.6. The number of carboxylic acid groups (broad SMARTS) is 2. The van der Waals surface area contributed by atoms with Crippen LogP contribution in [0.5, 0.6) is 5.75 Å². The summed E-state index contributed by atoms with van der Waals surface area (Å²) >= 11 is 0. The van der Waals surface area contributed by atoms with Crippen LogP contribution < -0.4 is 10.1 Å². The summed E-state index contributed by atoms with van der Waals surface area (Å²) < 4.78 is 6.26. The topological polar surface area (TPSA) is 130 Å². The Balaban J connectivity index is 1.45. The van der Waals surface area contributed by atoms with E-state index in [1.165, 1.54) is 0 Å². The van der Waals surface area contributed by atoms with Crippen molar-refractivity contribution in [1.82, 2.24) is 5.32 Å². The fourth-order valence-electron chi connectivity index (χ4n) is 4.60. The fraction of sp³-hybridized carbons (Fsp3) is 0.286. The van der Waals surface area contributed by atoms with Gasteiger partial charge in [0.2, 0.25) is 5.91 Å². The van der Waals surface area contributed by atoms with Gasteiger partial charge in [-0.2, -0.15) is 0 Å². The molecule has 186 valence electrons. The van der Waals surface area contributed by atoms with E-state index in [4.69, 9.17) is 9.84 Å². The van der Waals surface area contributed by atoms with Crippen LogP contribution in [0.1, 0.15) is 48.0 Å². The molecule has 1 aliphatic rings. The van der Waals surface area contributed by atoms with E-state index in [9.17, 15) is 24.3 Å². The van der Waals surface area contributed by atoms with Gasteiger partial charge in [0.15, 0.2) is 5.78 Å². The number of benzene rings is 3. The summed E-state index contributed by atoms with van der Waals surface area (Å²) in [7, 11) is 0. The average Bonchev–Trinajstić information content (AvgIpc) is 3.35. The van der Waals surface area contributed by atoms with Crippen molar-refractivity contribution in [2.45, 2.75) is 44.2 Å². The van der Waals surface area contributed by atoms with E-state index in [0.717, 1.165) is 10.8 Å². The number of carboxylic acids is 2. The largest absolute Gasteiger partial charge is 0.490 e. The maximum atomic E-state index is 13.1. The van der Waals surface area contributed by atoms with E-state index in [2.05, 4.69) is 5.32 Å². The van der Waals surface area contributed by atoms with Gasteiger partial charge in [0.1, 0.15) is 11.8 Å². The van der Waals surface area contributed by atoms with Crippen molar-refractivity contribution in [2.24, 2.45) is 5.92 Å². The number of fused-ring (bicyclic) bond motifs is 1. The number of ether oxygens (including phenoxy) is 1. The van der Waals surface area contributed by atoms with Gasteiger partial charge in [-0.15, -0.1) is 0 Å². The molecule has 4 rings (SSSR count). The van der Waals surface area contributed by atoms with E-state index >= 15 is 0 Å². The van der Waals surface area contributed by atoms with Gasteiger partial charge in [0.25, 0.3) is 0 Å². The summed E-state index contributed by atoms with van der Waals surface area (Å²) in [6.07, 6.45) is 0.791. The van der Waals surface area contributed by atoms with Crippen molar-refractivity contribution >= 4 is 34.4 Å². The molecule has 1 fully saturated rings. The molecule has 0 aromatic heterocycles. The van der Waals surface area contributed by atoms with E-state index < -0.39 is 29.8 Å². The lowest BCUT2D eigenvalue weighted by Gasteiger charge is -2.18. The first-order valence-electron chi connectivity index (χ1n) is 11.9. The van der Waals surface area contributed by atoms with Crippen molar-refractivity contribution in [3.63, 3.8) is 0 Å². The van der Waals surface area contributed by atoms with Gasteiger partial charge < -0.3 is 20.3 Å². The third-order valence-electron chi connectivity index (χ3n) is 6.48. The predicted octanol–water partition coefficient (Wildman–Crippen LogP) is 4.05. The van der Waals surface area contributed by atoms with Gasteiger partial charge in [-0.05, 0) is 43.2 Å². The summed E-state index contributed by atoms with van der Waals surface area (Å²) in [5.41, 5.74) is 1.18. The molecular weight excluding hydrogens is 462 g/mol. The first-order valence-corrected chi connectivity index (χ1v) is 11.9. The van der Waals surface area contributed by atoms with Gasteiger partial charge in [-0.3, -0.25) is 14.4 Å². The second kappa shape index (κ2) is 11.0. The highest BCUT2D eigenvalue weighted by atomic mass is 16.5. The standard InChI is InChI=1S/C28H27NO7/c30-25(31)15-13-23(28(34)35)29-27(33)18-10-11-19(16-18)36-24-14-12-22(20-8-4-5-9-21(20)24)26(32)17-6-2-1-3-7-17/h1-9,12,14,18-19,23H,10-11,13,15-16H2,(H,29,33)(H,30,31)(H,34,35)/t18-,19-,23?/m0/s1. The monoisotopic (exact) mass is 489 g/mol. The number of carbonyl (C=O) groups is 4. The molecule has 0 aliphatic heterocycles. The molecule has 3 aromatic rings. The molecule has 1 unspecified atom stereocenters. The molecule has 1 saturated carbocycles. The minimum absolute atomic E-state index is 0.0770. The van der Waals surface area contributed by atoms with Gasteiger partial charge in [0, 0.05) is 28.9 Å². The summed E-state index contributed by atoms with van der Waals surface area (Å²) in [6, 6.07) is 18.9. The summed E-state index contributed by atoms with van der Waals surface area (Å²) in [4.78, 5) is 47.9. The third-order valence-corrected chi connectivity index (χ3v) is 6.48. The van der Waals surface area contributed by atoms with Gasteiger partial charge in [-0.1, -0.05) is 54.6 Å². The molecule has 0 saturated heterocycles. The molecule has 0 bridgehead atoms. The van der Waals surface area contributed by atoms with Crippen LogP contribution in [0.25, 0.3) is 10.8 Å². The Morgan fingerprint density at radius 2 is 1.58 bits per heavy atom. The molecule has 8 heteroatoms. The number of ketones is 1. The zero-order valence-electron chi connectivity index (χ0n) is 19.6. The minimum Gasteiger partial charge on any atom is -0.490 e. The molecule has 0 heterocycles. The summed E-state index contributed by atoms with van der Waals surface area (Å²) in [5, 5.41) is 22.2. The molecule has 3 atom stereocenters. The number of hydrogen-bond acceptors (Lipinski definition) is 5. The zero-order chi connectivity index (χ0) is 25.7. The van der Waals surface area contributed by atoms with Crippen molar-refractivity contribution in [2.75, 3.05) is 0 Å². The van der Waals surface area contributed by atoms with Crippen LogP contribution in [0.15, 0.2) is 66.7 Å². The Morgan fingerprint density at radius 1 is 0.889 bits per heavy atom. The quantitative estimate of drug-likeness (QED) is 0.366. The van der Waals surface area contributed by atoms with Crippen molar-refractivity contribution in [1.29, 1.82) is 0 Å². The lowest BCUT2D eigenvalue weighted by molar-refractivity contribution is -0.143. The van der Waals surface area contributed by atoms with Crippen LogP contribution >= 0.6 is 0 Å². The SMILES string of the molecule is O=C(O)CCC(NC(=O)[C@H]1CC[C@H](Oc2ccc(C(=O)c3ccccc3)c3ccccc23)C1)C(=O)O. The highest BCUT2D eigenvalue weighted by molar-refractivity contribution is 6.17. The molecule has 1 aliphatic carbocycles.